The first-order valence-corrected chi connectivity index (χ1v) is 10.8. The van der Waals surface area contributed by atoms with Crippen LogP contribution < -0.4 is 0 Å². The summed E-state index contributed by atoms with van der Waals surface area (Å²) in [4.78, 5) is 11.9. The normalized spacial score (nSPS) is 13.5. The third-order valence-electron chi connectivity index (χ3n) is 4.98. The van der Waals surface area contributed by atoms with Crippen molar-refractivity contribution in [3.63, 3.8) is 0 Å². The molecule has 0 fully saturated rings. The average Bonchev–Trinajstić information content (AvgIpc) is 2.64. The van der Waals surface area contributed by atoms with Crippen molar-refractivity contribution in [1.29, 1.82) is 0 Å². The molecule has 5 nitrogen and oxygen atoms in total. The standard InChI is InChI=1S/C22H29NO4S/c1-22(2,3)23(4)28(26,27)20-14-11-18(12-15-20)16-19(21(24)25)13-10-17-8-6-5-7-9-17/h5-9,11-12,14-15,19H,10,13,16H2,1-4H3,(H,24,25). The molecule has 1 unspecified atom stereocenters. The Kier molecular flexibility index (Phi) is 7.01. The highest BCUT2D eigenvalue weighted by Crippen LogP contribution is 2.24. The van der Waals surface area contributed by atoms with Crippen molar-refractivity contribution in [2.45, 2.75) is 50.5 Å². The van der Waals surface area contributed by atoms with E-state index in [1.165, 1.54) is 4.31 Å². The van der Waals surface area contributed by atoms with Crippen LogP contribution >= 0.6 is 0 Å². The van der Waals surface area contributed by atoms with Crippen molar-refractivity contribution in [3.05, 3.63) is 65.7 Å². The van der Waals surface area contributed by atoms with Gasteiger partial charge in [0.15, 0.2) is 0 Å². The molecular weight excluding hydrogens is 374 g/mol. The molecule has 0 radical (unpaired) electrons. The molecular formula is C22H29NO4S. The third-order valence-corrected chi connectivity index (χ3v) is 7.12. The van der Waals surface area contributed by atoms with Gasteiger partial charge in [0, 0.05) is 12.6 Å². The van der Waals surface area contributed by atoms with Gasteiger partial charge < -0.3 is 5.11 Å². The topological polar surface area (TPSA) is 74.7 Å². The van der Waals surface area contributed by atoms with Crippen LogP contribution in [0.3, 0.4) is 0 Å². The van der Waals surface area contributed by atoms with E-state index in [1.807, 2.05) is 51.1 Å². The monoisotopic (exact) mass is 403 g/mol. The second-order valence-electron chi connectivity index (χ2n) is 8.05. The number of carboxylic acids is 1. The Morgan fingerprint density at radius 1 is 1.00 bits per heavy atom. The highest BCUT2D eigenvalue weighted by molar-refractivity contribution is 7.89. The highest BCUT2D eigenvalue weighted by Gasteiger charge is 2.30. The molecule has 0 heterocycles. The molecule has 1 N–H and O–H groups in total. The number of aliphatic carboxylic acids is 1. The Balaban J connectivity index is 2.10. The molecule has 0 aromatic heterocycles. The van der Waals surface area contributed by atoms with E-state index in [-0.39, 0.29) is 4.90 Å². The van der Waals surface area contributed by atoms with E-state index in [0.29, 0.717) is 19.3 Å². The SMILES string of the molecule is CN(C(C)(C)C)S(=O)(=O)c1ccc(CC(CCc2ccccc2)C(=O)O)cc1. The molecule has 28 heavy (non-hydrogen) atoms. The van der Waals surface area contributed by atoms with Gasteiger partial charge in [-0.25, -0.2) is 8.42 Å². The Morgan fingerprint density at radius 3 is 2.07 bits per heavy atom. The van der Waals surface area contributed by atoms with Gasteiger partial charge in [0.1, 0.15) is 0 Å². The molecule has 0 aliphatic carbocycles. The average molecular weight is 404 g/mol. The van der Waals surface area contributed by atoms with Gasteiger partial charge in [0.25, 0.3) is 0 Å². The molecule has 0 saturated carbocycles. The van der Waals surface area contributed by atoms with Crippen LogP contribution in [0.1, 0.15) is 38.3 Å². The van der Waals surface area contributed by atoms with Crippen molar-refractivity contribution in [2.24, 2.45) is 5.92 Å². The van der Waals surface area contributed by atoms with E-state index < -0.39 is 27.4 Å². The van der Waals surface area contributed by atoms with Gasteiger partial charge in [-0.3, -0.25) is 4.79 Å². The fourth-order valence-corrected chi connectivity index (χ4v) is 4.42. The third kappa shape index (κ3) is 5.66. The van der Waals surface area contributed by atoms with Crippen LogP contribution in [0, 0.1) is 5.92 Å². The van der Waals surface area contributed by atoms with Crippen LogP contribution in [0.5, 0.6) is 0 Å². The molecule has 0 aliphatic rings. The lowest BCUT2D eigenvalue weighted by atomic mass is 9.93. The summed E-state index contributed by atoms with van der Waals surface area (Å²) in [6.07, 6.45) is 1.60. The number of rotatable bonds is 8. The van der Waals surface area contributed by atoms with Crippen LogP contribution in [-0.4, -0.2) is 36.4 Å². The van der Waals surface area contributed by atoms with Gasteiger partial charge in [-0.1, -0.05) is 42.5 Å². The summed E-state index contributed by atoms with van der Waals surface area (Å²) in [6, 6.07) is 16.3. The molecule has 0 aliphatic heterocycles. The van der Waals surface area contributed by atoms with Crippen LogP contribution in [0.25, 0.3) is 0 Å². The molecule has 152 valence electrons. The Hall–Kier alpha value is -2.18. The maximum atomic E-state index is 12.7. The summed E-state index contributed by atoms with van der Waals surface area (Å²) in [5, 5.41) is 9.56. The number of hydrogen-bond donors (Lipinski definition) is 1. The Morgan fingerprint density at radius 2 is 1.57 bits per heavy atom. The molecule has 2 aromatic rings. The second kappa shape index (κ2) is 8.88. The number of nitrogens with zero attached hydrogens (tertiary/aromatic N) is 1. The quantitative estimate of drug-likeness (QED) is 0.723. The largest absolute Gasteiger partial charge is 0.481 e. The number of carbonyl (C=O) groups is 1. The molecule has 1 atom stereocenters. The van der Waals surface area contributed by atoms with E-state index in [4.69, 9.17) is 0 Å². The van der Waals surface area contributed by atoms with E-state index >= 15 is 0 Å². The van der Waals surface area contributed by atoms with E-state index in [2.05, 4.69) is 0 Å². The van der Waals surface area contributed by atoms with E-state index in [0.717, 1.165) is 11.1 Å². The predicted molar refractivity (Wildman–Crippen MR) is 111 cm³/mol. The van der Waals surface area contributed by atoms with Gasteiger partial charge in [-0.15, -0.1) is 0 Å². The number of sulfonamides is 1. The predicted octanol–water partition coefficient (Wildman–Crippen LogP) is 3.98. The number of aryl methyl sites for hydroxylation is 1. The summed E-state index contributed by atoms with van der Waals surface area (Å²) in [7, 11) is -2.02. The second-order valence-corrected chi connectivity index (χ2v) is 10.0. The first-order valence-electron chi connectivity index (χ1n) is 9.36. The zero-order chi connectivity index (χ0) is 20.9. The lowest BCUT2D eigenvalue weighted by Crippen LogP contribution is -2.42. The lowest BCUT2D eigenvalue weighted by molar-refractivity contribution is -0.141. The summed E-state index contributed by atoms with van der Waals surface area (Å²) in [5.74, 6) is -1.35. The van der Waals surface area contributed by atoms with Crippen LogP contribution in [-0.2, 0) is 27.7 Å². The molecule has 6 heteroatoms. The zero-order valence-corrected chi connectivity index (χ0v) is 17.7. The molecule has 0 amide bonds. The maximum Gasteiger partial charge on any atom is 0.306 e. The Bertz CT molecular complexity index is 884. The van der Waals surface area contributed by atoms with E-state index in [1.54, 1.807) is 31.3 Å². The first kappa shape index (κ1) is 22.1. The van der Waals surface area contributed by atoms with Crippen LogP contribution in [0.4, 0.5) is 0 Å². The van der Waals surface area contributed by atoms with E-state index in [9.17, 15) is 18.3 Å². The maximum absolute atomic E-state index is 12.7. The van der Waals surface area contributed by atoms with Gasteiger partial charge in [-0.2, -0.15) is 4.31 Å². The first-order chi connectivity index (χ1) is 13.0. The van der Waals surface area contributed by atoms with Crippen molar-refractivity contribution in [3.8, 4) is 0 Å². The fraction of sp³-hybridized carbons (Fsp3) is 0.409. The van der Waals surface area contributed by atoms with Gasteiger partial charge in [0.05, 0.1) is 10.8 Å². The number of benzene rings is 2. The van der Waals surface area contributed by atoms with Gasteiger partial charge >= 0.3 is 5.97 Å². The summed E-state index contributed by atoms with van der Waals surface area (Å²) in [5.41, 5.74) is 1.40. The number of hydrogen-bond acceptors (Lipinski definition) is 3. The molecule has 0 bridgehead atoms. The summed E-state index contributed by atoms with van der Waals surface area (Å²) in [6.45, 7) is 5.51. The van der Waals surface area contributed by atoms with Crippen molar-refractivity contribution >= 4 is 16.0 Å². The fourth-order valence-electron chi connectivity index (χ4n) is 2.90. The van der Waals surface area contributed by atoms with Crippen molar-refractivity contribution in [2.75, 3.05) is 7.05 Å². The molecule has 0 saturated heterocycles. The van der Waals surface area contributed by atoms with Gasteiger partial charge in [0.2, 0.25) is 10.0 Å². The number of carboxylic acid groups (broad SMARTS) is 1. The van der Waals surface area contributed by atoms with Gasteiger partial charge in [-0.05, 0) is 63.3 Å². The minimum Gasteiger partial charge on any atom is -0.481 e. The van der Waals surface area contributed by atoms with Crippen molar-refractivity contribution < 1.29 is 18.3 Å². The Labute approximate surface area is 168 Å². The molecule has 0 spiro atoms. The highest BCUT2D eigenvalue weighted by atomic mass is 32.2. The molecule has 2 aromatic carbocycles. The lowest BCUT2D eigenvalue weighted by Gasteiger charge is -2.30. The molecule has 2 rings (SSSR count). The van der Waals surface area contributed by atoms with Crippen molar-refractivity contribution in [1.82, 2.24) is 4.31 Å². The summed E-state index contributed by atoms with van der Waals surface area (Å²) < 4.78 is 26.8. The minimum absolute atomic E-state index is 0.213. The summed E-state index contributed by atoms with van der Waals surface area (Å²) >= 11 is 0. The minimum atomic E-state index is -3.59. The van der Waals surface area contributed by atoms with Crippen LogP contribution in [0.15, 0.2) is 59.5 Å². The zero-order valence-electron chi connectivity index (χ0n) is 16.9. The van der Waals surface area contributed by atoms with Crippen LogP contribution in [0.2, 0.25) is 0 Å². The smallest absolute Gasteiger partial charge is 0.306 e.